The number of carbonyl (C=O) groups is 1. The second-order valence-electron chi connectivity index (χ2n) is 6.91. The van der Waals surface area contributed by atoms with Crippen molar-refractivity contribution in [2.24, 2.45) is 0 Å². The smallest absolute Gasteiger partial charge is 0.264 e. The lowest BCUT2D eigenvalue weighted by molar-refractivity contribution is -0.118. The molecule has 6 nitrogen and oxygen atoms in total. The van der Waals surface area contributed by atoms with E-state index in [4.69, 9.17) is 4.74 Å². The van der Waals surface area contributed by atoms with Crippen molar-refractivity contribution in [2.75, 3.05) is 11.9 Å². The predicted molar refractivity (Wildman–Crippen MR) is 106 cm³/mol. The number of aryl methyl sites for hydroxylation is 2. The average Bonchev–Trinajstić information content (AvgIpc) is 3.08. The molecule has 1 amide bonds. The summed E-state index contributed by atoms with van der Waals surface area (Å²) in [5.41, 5.74) is 4.24. The maximum absolute atomic E-state index is 12.2. The second kappa shape index (κ2) is 8.03. The number of nitrogens with zero attached hydrogens (tertiary/aromatic N) is 2. The Hall–Kier alpha value is -3.15. The molecule has 140 valence electrons. The fourth-order valence-corrected chi connectivity index (χ4v) is 2.71. The molecule has 0 saturated carbocycles. The molecule has 2 aromatic carbocycles. The largest absolute Gasteiger partial charge is 0.483 e. The summed E-state index contributed by atoms with van der Waals surface area (Å²) in [6, 6.07) is 13.9. The number of nitrogens with one attached hydrogen (secondary N) is 2. The van der Waals surface area contributed by atoms with Crippen LogP contribution in [0.4, 0.5) is 5.95 Å². The van der Waals surface area contributed by atoms with Gasteiger partial charge in [0.15, 0.2) is 12.4 Å². The number of amides is 1. The molecule has 0 fully saturated rings. The van der Waals surface area contributed by atoms with Crippen molar-refractivity contribution in [1.82, 2.24) is 15.2 Å². The second-order valence-corrected chi connectivity index (χ2v) is 6.91. The van der Waals surface area contributed by atoms with Crippen molar-refractivity contribution >= 4 is 11.9 Å². The molecule has 3 rings (SSSR count). The van der Waals surface area contributed by atoms with Gasteiger partial charge in [-0.05, 0) is 37.0 Å². The van der Waals surface area contributed by atoms with E-state index < -0.39 is 0 Å². The van der Waals surface area contributed by atoms with Gasteiger partial charge in [0.1, 0.15) is 5.75 Å². The van der Waals surface area contributed by atoms with Crippen molar-refractivity contribution in [3.8, 4) is 17.1 Å². The lowest BCUT2D eigenvalue weighted by Gasteiger charge is -2.14. The van der Waals surface area contributed by atoms with Crippen molar-refractivity contribution in [2.45, 2.75) is 33.6 Å². The van der Waals surface area contributed by atoms with Crippen LogP contribution in [-0.2, 0) is 4.79 Å². The number of hydrogen-bond donors (Lipinski definition) is 2. The third-order valence-corrected chi connectivity index (χ3v) is 4.21. The first-order chi connectivity index (χ1) is 12.9. The van der Waals surface area contributed by atoms with Crippen LogP contribution in [0.1, 0.15) is 36.5 Å². The SMILES string of the molecule is Cc1ccc(-c2nc(NC(=O)COc3cc(C)ccc3C(C)C)n[nH]2)cc1. The van der Waals surface area contributed by atoms with Crippen LogP contribution in [0.3, 0.4) is 0 Å². The van der Waals surface area contributed by atoms with Crippen LogP contribution in [0.25, 0.3) is 11.4 Å². The van der Waals surface area contributed by atoms with E-state index in [2.05, 4.69) is 34.3 Å². The lowest BCUT2D eigenvalue weighted by atomic mass is 10.0. The zero-order valence-electron chi connectivity index (χ0n) is 16.0. The van der Waals surface area contributed by atoms with Crippen LogP contribution in [-0.4, -0.2) is 27.7 Å². The minimum Gasteiger partial charge on any atom is -0.483 e. The van der Waals surface area contributed by atoms with Gasteiger partial charge >= 0.3 is 0 Å². The Balaban J connectivity index is 1.62. The van der Waals surface area contributed by atoms with Crippen molar-refractivity contribution in [1.29, 1.82) is 0 Å². The highest BCUT2D eigenvalue weighted by Gasteiger charge is 2.12. The van der Waals surface area contributed by atoms with Gasteiger partial charge in [-0.15, -0.1) is 5.10 Å². The van der Waals surface area contributed by atoms with Gasteiger partial charge in [0.25, 0.3) is 5.91 Å². The maximum atomic E-state index is 12.2. The van der Waals surface area contributed by atoms with Crippen molar-refractivity contribution in [3.05, 3.63) is 59.2 Å². The minimum absolute atomic E-state index is 0.0996. The average molecular weight is 364 g/mol. The standard InChI is InChI=1S/C21H24N4O2/c1-13(2)17-10-7-15(4)11-18(17)27-12-19(26)22-21-23-20(24-25-21)16-8-5-14(3)6-9-16/h5-11,13H,12H2,1-4H3,(H2,22,23,24,25,26). The molecule has 1 aromatic heterocycles. The first kappa shape index (κ1) is 18.6. The summed E-state index contributed by atoms with van der Waals surface area (Å²) in [7, 11) is 0. The molecule has 1 heterocycles. The molecule has 0 atom stereocenters. The molecule has 6 heteroatoms. The Kier molecular flexibility index (Phi) is 5.54. The number of aromatic nitrogens is 3. The van der Waals surface area contributed by atoms with Gasteiger partial charge < -0.3 is 4.74 Å². The molecule has 3 aromatic rings. The van der Waals surface area contributed by atoms with E-state index in [9.17, 15) is 4.79 Å². The molecule has 0 aliphatic heterocycles. The molecule has 0 aliphatic carbocycles. The van der Waals surface area contributed by atoms with Crippen LogP contribution >= 0.6 is 0 Å². The minimum atomic E-state index is -0.305. The first-order valence-electron chi connectivity index (χ1n) is 8.95. The van der Waals surface area contributed by atoms with Gasteiger partial charge in [-0.25, -0.2) is 0 Å². The van der Waals surface area contributed by atoms with Gasteiger partial charge in [0.05, 0.1) is 0 Å². The summed E-state index contributed by atoms with van der Waals surface area (Å²) in [6.45, 7) is 8.11. The fourth-order valence-electron chi connectivity index (χ4n) is 2.71. The number of aromatic amines is 1. The summed E-state index contributed by atoms with van der Waals surface area (Å²) in [6.07, 6.45) is 0. The van der Waals surface area contributed by atoms with Crippen LogP contribution < -0.4 is 10.1 Å². The van der Waals surface area contributed by atoms with E-state index in [1.165, 1.54) is 5.56 Å². The summed E-state index contributed by atoms with van der Waals surface area (Å²) < 4.78 is 5.74. The molecule has 0 radical (unpaired) electrons. The third kappa shape index (κ3) is 4.73. The quantitative estimate of drug-likeness (QED) is 0.686. The van der Waals surface area contributed by atoms with Crippen LogP contribution in [0.15, 0.2) is 42.5 Å². The summed E-state index contributed by atoms with van der Waals surface area (Å²) in [5.74, 6) is 1.57. The van der Waals surface area contributed by atoms with E-state index in [-0.39, 0.29) is 18.5 Å². The zero-order chi connectivity index (χ0) is 19.4. The van der Waals surface area contributed by atoms with Gasteiger partial charge in [0, 0.05) is 5.56 Å². The Bertz CT molecular complexity index is 930. The Morgan fingerprint density at radius 1 is 1.11 bits per heavy atom. The van der Waals surface area contributed by atoms with Gasteiger partial charge in [-0.3, -0.25) is 15.2 Å². The number of ether oxygens (including phenoxy) is 1. The molecule has 27 heavy (non-hydrogen) atoms. The molecule has 0 bridgehead atoms. The van der Waals surface area contributed by atoms with Gasteiger partial charge in [-0.2, -0.15) is 4.98 Å². The third-order valence-electron chi connectivity index (χ3n) is 4.21. The fraction of sp³-hybridized carbons (Fsp3) is 0.286. The predicted octanol–water partition coefficient (Wildman–Crippen LogP) is 4.23. The normalized spacial score (nSPS) is 10.9. The zero-order valence-corrected chi connectivity index (χ0v) is 16.0. The van der Waals surface area contributed by atoms with E-state index in [0.29, 0.717) is 11.7 Å². The highest BCUT2D eigenvalue weighted by molar-refractivity contribution is 5.90. The topological polar surface area (TPSA) is 79.9 Å². The number of rotatable bonds is 6. The molecule has 0 saturated heterocycles. The van der Waals surface area contributed by atoms with Gasteiger partial charge in [0.2, 0.25) is 5.95 Å². The number of H-pyrrole nitrogens is 1. The van der Waals surface area contributed by atoms with Crippen LogP contribution in [0.5, 0.6) is 5.75 Å². The lowest BCUT2D eigenvalue weighted by Crippen LogP contribution is -2.21. The maximum Gasteiger partial charge on any atom is 0.264 e. The molecule has 0 spiro atoms. The van der Waals surface area contributed by atoms with Crippen molar-refractivity contribution in [3.63, 3.8) is 0 Å². The number of carbonyl (C=O) groups excluding carboxylic acids is 1. The molecular weight excluding hydrogens is 340 g/mol. The van der Waals surface area contributed by atoms with Crippen LogP contribution in [0, 0.1) is 13.8 Å². The van der Waals surface area contributed by atoms with E-state index in [0.717, 1.165) is 22.4 Å². The number of hydrogen-bond acceptors (Lipinski definition) is 4. The molecule has 0 unspecified atom stereocenters. The summed E-state index contributed by atoms with van der Waals surface area (Å²) in [5, 5.41) is 9.54. The van der Waals surface area contributed by atoms with E-state index in [1.54, 1.807) is 0 Å². The van der Waals surface area contributed by atoms with E-state index in [1.807, 2.05) is 56.3 Å². The van der Waals surface area contributed by atoms with Crippen LogP contribution in [0.2, 0.25) is 0 Å². The number of benzene rings is 2. The Morgan fingerprint density at radius 3 is 2.52 bits per heavy atom. The first-order valence-corrected chi connectivity index (χ1v) is 8.95. The van der Waals surface area contributed by atoms with E-state index >= 15 is 0 Å². The Labute approximate surface area is 159 Å². The molecule has 2 N–H and O–H groups in total. The monoisotopic (exact) mass is 364 g/mol. The number of anilines is 1. The summed E-state index contributed by atoms with van der Waals surface area (Å²) in [4.78, 5) is 16.5. The molecular formula is C21H24N4O2. The Morgan fingerprint density at radius 2 is 1.81 bits per heavy atom. The summed E-state index contributed by atoms with van der Waals surface area (Å²) >= 11 is 0. The van der Waals surface area contributed by atoms with Crippen molar-refractivity contribution < 1.29 is 9.53 Å². The highest BCUT2D eigenvalue weighted by Crippen LogP contribution is 2.27. The highest BCUT2D eigenvalue weighted by atomic mass is 16.5. The van der Waals surface area contributed by atoms with Gasteiger partial charge in [-0.1, -0.05) is 55.8 Å². The molecule has 0 aliphatic rings.